The molecule has 0 saturated carbocycles. The summed E-state index contributed by atoms with van der Waals surface area (Å²) in [5, 5.41) is 3.98. The topological polar surface area (TPSA) is 49.6 Å². The lowest BCUT2D eigenvalue weighted by molar-refractivity contribution is 0.0781. The SMILES string of the molecule is Cc1noc(C(C)C)c1C(=O)N(C)Cc1ccc(N2CCCCC2)cc1. The number of amides is 1. The molecule has 0 bridgehead atoms. The number of rotatable bonds is 5. The minimum Gasteiger partial charge on any atom is -0.372 e. The summed E-state index contributed by atoms with van der Waals surface area (Å²) in [6, 6.07) is 8.58. The Labute approximate surface area is 156 Å². The monoisotopic (exact) mass is 355 g/mol. The van der Waals surface area contributed by atoms with Crippen molar-refractivity contribution >= 4 is 11.6 Å². The molecule has 5 nitrogen and oxygen atoms in total. The number of piperidine rings is 1. The number of carbonyl (C=O) groups excluding carboxylic acids is 1. The van der Waals surface area contributed by atoms with Crippen LogP contribution in [0.4, 0.5) is 5.69 Å². The molecule has 2 aromatic rings. The molecule has 0 atom stereocenters. The van der Waals surface area contributed by atoms with Gasteiger partial charge in [0.15, 0.2) is 5.76 Å². The van der Waals surface area contributed by atoms with Crippen molar-refractivity contribution in [3.63, 3.8) is 0 Å². The third-order valence-electron chi connectivity index (χ3n) is 5.05. The molecule has 0 radical (unpaired) electrons. The summed E-state index contributed by atoms with van der Waals surface area (Å²) in [6.45, 7) is 8.70. The number of benzene rings is 1. The first-order valence-corrected chi connectivity index (χ1v) is 9.53. The Morgan fingerprint density at radius 3 is 2.46 bits per heavy atom. The summed E-state index contributed by atoms with van der Waals surface area (Å²) in [4.78, 5) is 17.1. The van der Waals surface area contributed by atoms with Crippen LogP contribution in [0.15, 0.2) is 28.8 Å². The fraction of sp³-hybridized carbons (Fsp3) is 0.524. The van der Waals surface area contributed by atoms with Crippen molar-refractivity contribution in [2.75, 3.05) is 25.0 Å². The molecule has 1 aliphatic heterocycles. The van der Waals surface area contributed by atoms with Gasteiger partial charge in [0.1, 0.15) is 5.56 Å². The van der Waals surface area contributed by atoms with Gasteiger partial charge < -0.3 is 14.3 Å². The predicted octanol–water partition coefficient (Wildman–Crippen LogP) is 4.37. The fourth-order valence-electron chi connectivity index (χ4n) is 3.54. The smallest absolute Gasteiger partial charge is 0.259 e. The average Bonchev–Trinajstić information content (AvgIpc) is 3.04. The molecule has 1 aromatic carbocycles. The Morgan fingerprint density at radius 2 is 1.85 bits per heavy atom. The molecule has 26 heavy (non-hydrogen) atoms. The minimum atomic E-state index is -0.0347. The van der Waals surface area contributed by atoms with Crippen molar-refractivity contribution in [3.8, 4) is 0 Å². The molecule has 1 fully saturated rings. The number of aromatic nitrogens is 1. The van der Waals surface area contributed by atoms with E-state index in [1.165, 1.54) is 24.9 Å². The standard InChI is InChI=1S/C21H29N3O2/c1-15(2)20-19(16(3)22-26-20)21(25)23(4)14-17-8-10-18(11-9-17)24-12-6-5-7-13-24/h8-11,15H,5-7,12-14H2,1-4H3. The zero-order valence-electron chi connectivity index (χ0n) is 16.3. The zero-order valence-corrected chi connectivity index (χ0v) is 16.3. The van der Waals surface area contributed by atoms with Crippen molar-refractivity contribution in [2.24, 2.45) is 0 Å². The third-order valence-corrected chi connectivity index (χ3v) is 5.05. The average molecular weight is 355 g/mol. The summed E-state index contributed by atoms with van der Waals surface area (Å²) in [5.41, 5.74) is 3.67. The van der Waals surface area contributed by atoms with Crippen LogP contribution in [0.2, 0.25) is 0 Å². The van der Waals surface area contributed by atoms with Gasteiger partial charge in [0.25, 0.3) is 5.91 Å². The maximum absolute atomic E-state index is 12.9. The molecule has 1 aliphatic rings. The summed E-state index contributed by atoms with van der Waals surface area (Å²) in [7, 11) is 1.83. The molecule has 3 rings (SSSR count). The van der Waals surface area contributed by atoms with Crippen LogP contribution in [0, 0.1) is 6.92 Å². The molecule has 1 saturated heterocycles. The van der Waals surface area contributed by atoms with Gasteiger partial charge in [-0.1, -0.05) is 31.1 Å². The first kappa shape index (κ1) is 18.5. The highest BCUT2D eigenvalue weighted by Gasteiger charge is 2.25. The van der Waals surface area contributed by atoms with Crippen molar-refractivity contribution < 1.29 is 9.32 Å². The van der Waals surface area contributed by atoms with Crippen LogP contribution in [-0.4, -0.2) is 36.1 Å². The molecular weight excluding hydrogens is 326 g/mol. The van der Waals surface area contributed by atoms with E-state index in [4.69, 9.17) is 4.52 Å². The van der Waals surface area contributed by atoms with Gasteiger partial charge in [0, 0.05) is 38.3 Å². The van der Waals surface area contributed by atoms with E-state index in [0.29, 0.717) is 23.6 Å². The van der Waals surface area contributed by atoms with Crippen molar-refractivity contribution in [1.82, 2.24) is 10.1 Å². The van der Waals surface area contributed by atoms with Crippen LogP contribution in [0.3, 0.4) is 0 Å². The Hall–Kier alpha value is -2.30. The molecule has 0 aliphatic carbocycles. The van der Waals surface area contributed by atoms with Gasteiger partial charge >= 0.3 is 0 Å². The summed E-state index contributed by atoms with van der Waals surface area (Å²) in [5.74, 6) is 0.764. The Morgan fingerprint density at radius 1 is 1.19 bits per heavy atom. The second-order valence-corrected chi connectivity index (χ2v) is 7.54. The highest BCUT2D eigenvalue weighted by molar-refractivity contribution is 5.96. The molecule has 1 aromatic heterocycles. The van der Waals surface area contributed by atoms with Crippen LogP contribution < -0.4 is 4.90 Å². The van der Waals surface area contributed by atoms with E-state index < -0.39 is 0 Å². The number of anilines is 1. The third kappa shape index (κ3) is 3.92. The normalized spacial score (nSPS) is 14.7. The van der Waals surface area contributed by atoms with Gasteiger partial charge in [-0.25, -0.2) is 0 Å². The summed E-state index contributed by atoms with van der Waals surface area (Å²) >= 11 is 0. The summed E-state index contributed by atoms with van der Waals surface area (Å²) < 4.78 is 5.36. The first-order chi connectivity index (χ1) is 12.5. The van der Waals surface area contributed by atoms with Crippen molar-refractivity contribution in [1.29, 1.82) is 0 Å². The maximum Gasteiger partial charge on any atom is 0.259 e. The maximum atomic E-state index is 12.9. The molecule has 5 heteroatoms. The van der Waals surface area contributed by atoms with E-state index in [-0.39, 0.29) is 11.8 Å². The molecular formula is C21H29N3O2. The minimum absolute atomic E-state index is 0.0347. The van der Waals surface area contributed by atoms with Crippen LogP contribution in [0.1, 0.15) is 66.4 Å². The van der Waals surface area contributed by atoms with Crippen molar-refractivity contribution in [2.45, 2.75) is 52.5 Å². The Kier molecular flexibility index (Phi) is 5.64. The highest BCUT2D eigenvalue weighted by atomic mass is 16.5. The van der Waals surface area contributed by atoms with E-state index in [1.807, 2.05) is 27.8 Å². The van der Waals surface area contributed by atoms with Crippen LogP contribution in [-0.2, 0) is 6.54 Å². The number of nitrogens with zero attached hydrogens (tertiary/aromatic N) is 3. The number of hydrogen-bond acceptors (Lipinski definition) is 4. The highest BCUT2D eigenvalue weighted by Crippen LogP contribution is 2.24. The largest absolute Gasteiger partial charge is 0.372 e. The van der Waals surface area contributed by atoms with Gasteiger partial charge in [-0.15, -0.1) is 0 Å². The molecule has 1 amide bonds. The quantitative estimate of drug-likeness (QED) is 0.799. The lowest BCUT2D eigenvalue weighted by Crippen LogP contribution is -2.29. The fourth-order valence-corrected chi connectivity index (χ4v) is 3.54. The van der Waals surface area contributed by atoms with Gasteiger partial charge in [-0.2, -0.15) is 0 Å². The number of hydrogen-bond donors (Lipinski definition) is 0. The van der Waals surface area contributed by atoms with E-state index in [2.05, 4.69) is 34.3 Å². The van der Waals surface area contributed by atoms with Crippen LogP contribution in [0.25, 0.3) is 0 Å². The van der Waals surface area contributed by atoms with Gasteiger partial charge in [0.2, 0.25) is 0 Å². The lowest BCUT2D eigenvalue weighted by Gasteiger charge is -2.29. The number of aryl methyl sites for hydroxylation is 1. The molecule has 140 valence electrons. The zero-order chi connectivity index (χ0) is 18.7. The first-order valence-electron chi connectivity index (χ1n) is 9.53. The predicted molar refractivity (Wildman–Crippen MR) is 104 cm³/mol. The van der Waals surface area contributed by atoms with E-state index >= 15 is 0 Å². The molecule has 0 unspecified atom stereocenters. The Balaban J connectivity index is 1.68. The van der Waals surface area contributed by atoms with Gasteiger partial charge in [-0.05, 0) is 43.9 Å². The molecule has 2 heterocycles. The summed E-state index contributed by atoms with van der Waals surface area (Å²) in [6.07, 6.45) is 3.88. The molecule has 0 N–H and O–H groups in total. The van der Waals surface area contributed by atoms with E-state index in [0.717, 1.165) is 18.7 Å². The second kappa shape index (κ2) is 7.94. The second-order valence-electron chi connectivity index (χ2n) is 7.54. The van der Waals surface area contributed by atoms with Gasteiger partial charge in [-0.3, -0.25) is 4.79 Å². The van der Waals surface area contributed by atoms with Crippen LogP contribution in [0.5, 0.6) is 0 Å². The number of carbonyl (C=O) groups is 1. The lowest BCUT2D eigenvalue weighted by atomic mass is 10.0. The molecule has 0 spiro atoms. The van der Waals surface area contributed by atoms with Crippen molar-refractivity contribution in [3.05, 3.63) is 46.8 Å². The van der Waals surface area contributed by atoms with Crippen LogP contribution >= 0.6 is 0 Å². The Bertz CT molecular complexity index is 743. The van der Waals surface area contributed by atoms with E-state index in [1.54, 1.807) is 4.90 Å². The van der Waals surface area contributed by atoms with Gasteiger partial charge in [0.05, 0.1) is 5.69 Å². The van der Waals surface area contributed by atoms with E-state index in [9.17, 15) is 4.79 Å².